The molecule has 0 radical (unpaired) electrons. The van der Waals surface area contributed by atoms with Crippen molar-refractivity contribution in [2.45, 2.75) is 39.2 Å². The maximum absolute atomic E-state index is 12.7. The summed E-state index contributed by atoms with van der Waals surface area (Å²) >= 11 is 0. The van der Waals surface area contributed by atoms with Crippen molar-refractivity contribution in [2.24, 2.45) is 0 Å². The summed E-state index contributed by atoms with van der Waals surface area (Å²) in [6.07, 6.45) is 2.19. The molecular formula is C22H34N4O3. The number of anilines is 1. The number of hydrogen-bond acceptors (Lipinski definition) is 5. The molecule has 7 nitrogen and oxygen atoms in total. The van der Waals surface area contributed by atoms with Crippen LogP contribution in [0.25, 0.3) is 0 Å². The van der Waals surface area contributed by atoms with Gasteiger partial charge in [-0.1, -0.05) is 26.0 Å². The zero-order valence-corrected chi connectivity index (χ0v) is 17.7. The van der Waals surface area contributed by atoms with Gasteiger partial charge in [-0.2, -0.15) is 0 Å². The summed E-state index contributed by atoms with van der Waals surface area (Å²) in [7, 11) is 0. The highest BCUT2D eigenvalue weighted by molar-refractivity contribution is 6.03. The molecule has 2 heterocycles. The molecule has 1 fully saturated rings. The molecule has 0 spiro atoms. The molecule has 3 rings (SSSR count). The number of amides is 2. The van der Waals surface area contributed by atoms with Gasteiger partial charge >= 0.3 is 0 Å². The van der Waals surface area contributed by atoms with Gasteiger partial charge < -0.3 is 19.9 Å². The third kappa shape index (κ3) is 5.70. The fourth-order valence-electron chi connectivity index (χ4n) is 3.98. The summed E-state index contributed by atoms with van der Waals surface area (Å²) in [6, 6.07) is 7.40. The van der Waals surface area contributed by atoms with Gasteiger partial charge in [0, 0.05) is 32.7 Å². The zero-order valence-electron chi connectivity index (χ0n) is 17.7. The molecule has 1 aromatic carbocycles. The molecule has 0 aromatic heterocycles. The van der Waals surface area contributed by atoms with Crippen molar-refractivity contribution >= 4 is 17.5 Å². The van der Waals surface area contributed by atoms with Gasteiger partial charge in [-0.25, -0.2) is 0 Å². The van der Waals surface area contributed by atoms with E-state index in [0.717, 1.165) is 39.1 Å². The minimum atomic E-state index is -0.524. The second-order valence-corrected chi connectivity index (χ2v) is 7.79. The molecule has 160 valence electrons. The number of benzene rings is 1. The molecule has 1 saturated heterocycles. The number of carbonyl (C=O) groups excluding carboxylic acids is 2. The highest BCUT2D eigenvalue weighted by Crippen LogP contribution is 2.34. The lowest BCUT2D eigenvalue weighted by Crippen LogP contribution is -2.50. The molecule has 2 aliphatic heterocycles. The summed E-state index contributed by atoms with van der Waals surface area (Å²) in [5, 5.41) is 2.97. The van der Waals surface area contributed by atoms with Crippen LogP contribution in [0.3, 0.4) is 0 Å². The molecule has 0 aliphatic carbocycles. The van der Waals surface area contributed by atoms with Crippen LogP contribution in [0.4, 0.5) is 5.69 Å². The van der Waals surface area contributed by atoms with Crippen molar-refractivity contribution in [3.05, 3.63) is 24.3 Å². The van der Waals surface area contributed by atoms with Crippen molar-refractivity contribution in [1.29, 1.82) is 0 Å². The molecule has 1 aromatic rings. The first-order valence-corrected chi connectivity index (χ1v) is 10.9. The van der Waals surface area contributed by atoms with Crippen LogP contribution in [0.1, 0.15) is 33.1 Å². The number of para-hydroxylation sites is 2. The van der Waals surface area contributed by atoms with Crippen LogP contribution >= 0.6 is 0 Å². The predicted octanol–water partition coefficient (Wildman–Crippen LogP) is 1.72. The molecular weight excluding hydrogens is 368 g/mol. The monoisotopic (exact) mass is 402 g/mol. The van der Waals surface area contributed by atoms with Crippen LogP contribution in [0.5, 0.6) is 5.75 Å². The molecule has 2 amide bonds. The van der Waals surface area contributed by atoms with Crippen LogP contribution in [0, 0.1) is 0 Å². The van der Waals surface area contributed by atoms with E-state index >= 15 is 0 Å². The van der Waals surface area contributed by atoms with Crippen LogP contribution < -0.4 is 15.0 Å². The van der Waals surface area contributed by atoms with Gasteiger partial charge in [-0.15, -0.1) is 0 Å². The van der Waals surface area contributed by atoms with Crippen molar-refractivity contribution in [3.8, 4) is 5.75 Å². The van der Waals surface area contributed by atoms with Crippen molar-refractivity contribution < 1.29 is 14.3 Å². The first kappa shape index (κ1) is 21.6. The Labute approximate surface area is 174 Å². The van der Waals surface area contributed by atoms with E-state index in [1.807, 2.05) is 31.2 Å². The average molecular weight is 403 g/mol. The van der Waals surface area contributed by atoms with E-state index in [1.54, 1.807) is 4.90 Å². The SMILES string of the molecule is CCCN1CCN(CCCNC(=O)CN2C(=O)[C@H](CC)Oc3ccccc32)CC1. The summed E-state index contributed by atoms with van der Waals surface area (Å²) in [5.41, 5.74) is 0.669. The second kappa shape index (κ2) is 10.6. The maximum atomic E-state index is 12.7. The average Bonchev–Trinajstić information content (AvgIpc) is 2.74. The van der Waals surface area contributed by atoms with E-state index in [0.29, 0.717) is 24.4 Å². The van der Waals surface area contributed by atoms with Crippen LogP contribution in [0.15, 0.2) is 24.3 Å². The fourth-order valence-corrected chi connectivity index (χ4v) is 3.98. The highest BCUT2D eigenvalue weighted by Gasteiger charge is 2.34. The van der Waals surface area contributed by atoms with Crippen molar-refractivity contribution in [3.63, 3.8) is 0 Å². The third-order valence-electron chi connectivity index (χ3n) is 5.62. The molecule has 0 bridgehead atoms. The lowest BCUT2D eigenvalue weighted by molar-refractivity contribution is -0.129. The number of nitrogens with one attached hydrogen (secondary N) is 1. The molecule has 1 N–H and O–H groups in total. The van der Waals surface area contributed by atoms with Gasteiger partial charge in [-0.3, -0.25) is 14.5 Å². The van der Waals surface area contributed by atoms with Gasteiger partial charge in [0.2, 0.25) is 5.91 Å². The minimum Gasteiger partial charge on any atom is -0.478 e. The van der Waals surface area contributed by atoms with Gasteiger partial charge in [0.05, 0.1) is 5.69 Å². The Balaban J connectivity index is 1.42. The van der Waals surface area contributed by atoms with E-state index in [9.17, 15) is 9.59 Å². The number of carbonyl (C=O) groups is 2. The largest absolute Gasteiger partial charge is 0.478 e. The Hall–Kier alpha value is -2.12. The predicted molar refractivity (Wildman–Crippen MR) is 114 cm³/mol. The van der Waals surface area contributed by atoms with E-state index in [4.69, 9.17) is 4.74 Å². The molecule has 0 unspecified atom stereocenters. The molecule has 1 atom stereocenters. The smallest absolute Gasteiger partial charge is 0.268 e. The Morgan fingerprint density at radius 1 is 1.10 bits per heavy atom. The van der Waals surface area contributed by atoms with Crippen LogP contribution in [-0.4, -0.2) is 80.1 Å². The van der Waals surface area contributed by atoms with Crippen molar-refractivity contribution in [2.75, 3.05) is 57.3 Å². The molecule has 0 saturated carbocycles. The summed E-state index contributed by atoms with van der Waals surface area (Å²) < 4.78 is 5.76. The first-order chi connectivity index (χ1) is 14.1. The summed E-state index contributed by atoms with van der Waals surface area (Å²) in [4.78, 5) is 31.7. The fraction of sp³-hybridized carbons (Fsp3) is 0.636. The minimum absolute atomic E-state index is 0.0331. The standard InChI is InChI=1S/C22H34N4O3/c1-3-11-24-13-15-25(16-14-24)12-7-10-23-21(27)17-26-18-8-5-6-9-20(18)29-19(4-2)22(26)28/h5-6,8-9,19H,3-4,7,10-17H2,1-2H3,(H,23,27)/t19-/m0/s1. The van der Waals surface area contributed by atoms with Gasteiger partial charge in [-0.05, 0) is 44.5 Å². The lowest BCUT2D eigenvalue weighted by Gasteiger charge is -2.34. The van der Waals surface area contributed by atoms with Gasteiger partial charge in [0.1, 0.15) is 12.3 Å². The maximum Gasteiger partial charge on any atom is 0.268 e. The number of hydrogen-bond donors (Lipinski definition) is 1. The van der Waals surface area contributed by atoms with Gasteiger partial charge in [0.25, 0.3) is 5.91 Å². The number of piperazine rings is 1. The van der Waals surface area contributed by atoms with Crippen molar-refractivity contribution in [1.82, 2.24) is 15.1 Å². The topological polar surface area (TPSA) is 65.1 Å². The quantitative estimate of drug-likeness (QED) is 0.637. The normalized spacial score (nSPS) is 20.3. The van der Waals surface area contributed by atoms with E-state index in [-0.39, 0.29) is 18.4 Å². The molecule has 7 heteroatoms. The Bertz CT molecular complexity index is 688. The molecule has 29 heavy (non-hydrogen) atoms. The number of nitrogens with zero attached hydrogens (tertiary/aromatic N) is 3. The zero-order chi connectivity index (χ0) is 20.6. The van der Waals surface area contributed by atoms with Crippen LogP contribution in [0.2, 0.25) is 0 Å². The van der Waals surface area contributed by atoms with E-state index in [1.165, 1.54) is 13.0 Å². The molecule has 2 aliphatic rings. The van der Waals surface area contributed by atoms with E-state index in [2.05, 4.69) is 22.0 Å². The third-order valence-corrected chi connectivity index (χ3v) is 5.62. The van der Waals surface area contributed by atoms with Gasteiger partial charge in [0.15, 0.2) is 6.10 Å². The lowest BCUT2D eigenvalue weighted by atomic mass is 10.1. The van der Waals surface area contributed by atoms with Crippen LogP contribution in [-0.2, 0) is 9.59 Å². The number of rotatable bonds is 9. The Morgan fingerprint density at radius 2 is 1.79 bits per heavy atom. The Morgan fingerprint density at radius 3 is 2.48 bits per heavy atom. The first-order valence-electron chi connectivity index (χ1n) is 10.9. The highest BCUT2D eigenvalue weighted by atomic mass is 16.5. The Kier molecular flexibility index (Phi) is 7.89. The van der Waals surface area contributed by atoms with E-state index < -0.39 is 6.10 Å². The summed E-state index contributed by atoms with van der Waals surface area (Å²) in [5.74, 6) is 0.387. The number of fused-ring (bicyclic) bond motifs is 1. The summed E-state index contributed by atoms with van der Waals surface area (Å²) in [6.45, 7) is 11.5. The number of ether oxygens (including phenoxy) is 1. The second-order valence-electron chi connectivity index (χ2n) is 7.79.